The molecule has 0 atom stereocenters. The molecule has 0 fully saturated rings. The lowest BCUT2D eigenvalue weighted by atomic mass is 10.2. The fourth-order valence-electron chi connectivity index (χ4n) is 1.54. The largest absolute Gasteiger partial charge is 0.491 e. The van der Waals surface area contributed by atoms with Gasteiger partial charge in [0.25, 0.3) is 0 Å². The standard InChI is InChI=1S/C14H22N2O3/c1-18-8-9-19-13-5-2-4-12(10-13)11-16-14(17)6-3-7-15/h2,4-5,10H,3,6-9,11,15H2,1H3,(H,16,17). The Kier molecular flexibility index (Phi) is 7.62. The molecule has 0 aliphatic carbocycles. The van der Waals surface area contributed by atoms with Crippen LogP contribution < -0.4 is 15.8 Å². The van der Waals surface area contributed by atoms with Crippen LogP contribution >= 0.6 is 0 Å². The second-order valence-corrected chi connectivity index (χ2v) is 4.16. The SMILES string of the molecule is COCCOc1cccc(CNC(=O)CCCN)c1. The summed E-state index contributed by atoms with van der Waals surface area (Å²) in [6.45, 7) is 2.12. The predicted octanol–water partition coefficient (Wildman–Crippen LogP) is 1.07. The van der Waals surface area contributed by atoms with Crippen molar-refractivity contribution >= 4 is 5.91 Å². The summed E-state index contributed by atoms with van der Waals surface area (Å²) in [5, 5.41) is 2.85. The van der Waals surface area contributed by atoms with Crippen LogP contribution in [0.25, 0.3) is 0 Å². The van der Waals surface area contributed by atoms with Gasteiger partial charge in [-0.25, -0.2) is 0 Å². The first-order valence-electron chi connectivity index (χ1n) is 6.43. The van der Waals surface area contributed by atoms with Crippen molar-refractivity contribution in [2.45, 2.75) is 19.4 Å². The molecule has 19 heavy (non-hydrogen) atoms. The van der Waals surface area contributed by atoms with Crippen LogP contribution in [-0.4, -0.2) is 32.8 Å². The van der Waals surface area contributed by atoms with Crippen molar-refractivity contribution in [2.24, 2.45) is 5.73 Å². The number of methoxy groups -OCH3 is 1. The van der Waals surface area contributed by atoms with E-state index in [-0.39, 0.29) is 5.91 Å². The lowest BCUT2D eigenvalue weighted by molar-refractivity contribution is -0.121. The van der Waals surface area contributed by atoms with Gasteiger partial charge < -0.3 is 20.5 Å². The topological polar surface area (TPSA) is 73.6 Å². The highest BCUT2D eigenvalue weighted by atomic mass is 16.5. The second-order valence-electron chi connectivity index (χ2n) is 4.16. The van der Waals surface area contributed by atoms with Crippen LogP contribution in [0.5, 0.6) is 5.75 Å². The van der Waals surface area contributed by atoms with E-state index in [1.807, 2.05) is 24.3 Å². The number of benzene rings is 1. The summed E-state index contributed by atoms with van der Waals surface area (Å²) in [6.07, 6.45) is 1.19. The van der Waals surface area contributed by atoms with Gasteiger partial charge in [0, 0.05) is 20.1 Å². The maximum absolute atomic E-state index is 11.5. The van der Waals surface area contributed by atoms with E-state index in [1.54, 1.807) is 7.11 Å². The zero-order valence-corrected chi connectivity index (χ0v) is 11.4. The van der Waals surface area contributed by atoms with Gasteiger partial charge in [0.1, 0.15) is 12.4 Å². The van der Waals surface area contributed by atoms with Gasteiger partial charge in [-0.2, -0.15) is 0 Å². The van der Waals surface area contributed by atoms with E-state index < -0.39 is 0 Å². The third-order valence-corrected chi connectivity index (χ3v) is 2.55. The van der Waals surface area contributed by atoms with E-state index in [0.717, 1.165) is 11.3 Å². The summed E-state index contributed by atoms with van der Waals surface area (Å²) < 4.78 is 10.4. The number of rotatable bonds is 9. The van der Waals surface area contributed by atoms with E-state index in [9.17, 15) is 4.79 Å². The fraction of sp³-hybridized carbons (Fsp3) is 0.500. The van der Waals surface area contributed by atoms with Gasteiger partial charge in [-0.15, -0.1) is 0 Å². The number of hydrogen-bond acceptors (Lipinski definition) is 4. The quantitative estimate of drug-likeness (QED) is 0.656. The zero-order chi connectivity index (χ0) is 13.9. The van der Waals surface area contributed by atoms with Crippen LogP contribution in [0, 0.1) is 0 Å². The number of carbonyl (C=O) groups excluding carboxylic acids is 1. The molecule has 1 rings (SSSR count). The molecule has 5 heteroatoms. The Morgan fingerprint density at radius 2 is 2.21 bits per heavy atom. The molecule has 3 N–H and O–H groups in total. The first-order valence-corrected chi connectivity index (χ1v) is 6.43. The summed E-state index contributed by atoms with van der Waals surface area (Å²) in [5.74, 6) is 0.807. The Hall–Kier alpha value is -1.59. The lowest BCUT2D eigenvalue weighted by Gasteiger charge is -2.08. The van der Waals surface area contributed by atoms with E-state index in [0.29, 0.717) is 39.1 Å². The molecule has 0 saturated carbocycles. The van der Waals surface area contributed by atoms with Crippen LogP contribution in [0.3, 0.4) is 0 Å². The van der Waals surface area contributed by atoms with Crippen molar-refractivity contribution in [3.05, 3.63) is 29.8 Å². The first kappa shape index (κ1) is 15.5. The highest BCUT2D eigenvalue weighted by Gasteiger charge is 2.01. The van der Waals surface area contributed by atoms with E-state index in [1.165, 1.54) is 0 Å². The molecule has 5 nitrogen and oxygen atoms in total. The van der Waals surface area contributed by atoms with Crippen LogP contribution in [0.15, 0.2) is 24.3 Å². The number of carbonyl (C=O) groups is 1. The van der Waals surface area contributed by atoms with Gasteiger partial charge in [-0.05, 0) is 30.7 Å². The summed E-state index contributed by atoms with van der Waals surface area (Å²) in [7, 11) is 1.64. The van der Waals surface area contributed by atoms with Crippen molar-refractivity contribution in [1.29, 1.82) is 0 Å². The van der Waals surface area contributed by atoms with E-state index in [4.69, 9.17) is 15.2 Å². The third kappa shape index (κ3) is 6.79. The highest BCUT2D eigenvalue weighted by molar-refractivity contribution is 5.75. The van der Waals surface area contributed by atoms with Gasteiger partial charge in [-0.1, -0.05) is 12.1 Å². The first-order chi connectivity index (χ1) is 9.26. The molecule has 0 aliphatic rings. The monoisotopic (exact) mass is 266 g/mol. The average molecular weight is 266 g/mol. The smallest absolute Gasteiger partial charge is 0.220 e. The van der Waals surface area contributed by atoms with Crippen molar-refractivity contribution in [3.63, 3.8) is 0 Å². The molecule has 0 bridgehead atoms. The maximum Gasteiger partial charge on any atom is 0.220 e. The molecule has 0 spiro atoms. The predicted molar refractivity (Wildman–Crippen MR) is 73.9 cm³/mol. The zero-order valence-electron chi connectivity index (χ0n) is 11.4. The van der Waals surface area contributed by atoms with Gasteiger partial charge >= 0.3 is 0 Å². The minimum Gasteiger partial charge on any atom is -0.491 e. The average Bonchev–Trinajstić information content (AvgIpc) is 2.44. The minimum atomic E-state index is 0.0242. The molecule has 1 amide bonds. The molecule has 1 aromatic carbocycles. The summed E-state index contributed by atoms with van der Waals surface area (Å²) >= 11 is 0. The van der Waals surface area contributed by atoms with Crippen molar-refractivity contribution in [2.75, 3.05) is 26.9 Å². The van der Waals surface area contributed by atoms with Gasteiger partial charge in [0.05, 0.1) is 6.61 Å². The summed E-state index contributed by atoms with van der Waals surface area (Å²) in [5.41, 5.74) is 6.37. The van der Waals surface area contributed by atoms with Crippen molar-refractivity contribution < 1.29 is 14.3 Å². The normalized spacial score (nSPS) is 10.2. The molecular formula is C14H22N2O3. The fourth-order valence-corrected chi connectivity index (χ4v) is 1.54. The molecule has 0 aliphatic heterocycles. The van der Waals surface area contributed by atoms with Crippen LogP contribution in [0.2, 0.25) is 0 Å². The molecule has 106 valence electrons. The summed E-state index contributed by atoms with van der Waals surface area (Å²) in [4.78, 5) is 11.5. The second kappa shape index (κ2) is 9.35. The van der Waals surface area contributed by atoms with Crippen molar-refractivity contribution in [3.8, 4) is 5.75 Å². The molecule has 0 heterocycles. The Morgan fingerprint density at radius 1 is 1.37 bits per heavy atom. The number of ether oxygens (including phenoxy) is 2. The number of nitrogens with two attached hydrogens (primary N) is 1. The Balaban J connectivity index is 2.37. The van der Waals surface area contributed by atoms with Crippen LogP contribution in [0.4, 0.5) is 0 Å². The van der Waals surface area contributed by atoms with Crippen LogP contribution in [-0.2, 0) is 16.1 Å². The Labute approximate surface area is 114 Å². The Bertz CT molecular complexity index is 383. The van der Waals surface area contributed by atoms with Gasteiger partial charge in [-0.3, -0.25) is 4.79 Å². The molecule has 0 radical (unpaired) electrons. The molecule has 0 unspecified atom stereocenters. The van der Waals surface area contributed by atoms with Gasteiger partial charge in [0.2, 0.25) is 5.91 Å². The number of hydrogen-bond donors (Lipinski definition) is 2. The van der Waals surface area contributed by atoms with Crippen LogP contribution in [0.1, 0.15) is 18.4 Å². The van der Waals surface area contributed by atoms with E-state index >= 15 is 0 Å². The number of nitrogens with one attached hydrogen (secondary N) is 1. The molecule has 0 aromatic heterocycles. The molecule has 1 aromatic rings. The third-order valence-electron chi connectivity index (χ3n) is 2.55. The van der Waals surface area contributed by atoms with Crippen molar-refractivity contribution in [1.82, 2.24) is 5.32 Å². The number of amides is 1. The summed E-state index contributed by atoms with van der Waals surface area (Å²) in [6, 6.07) is 7.66. The highest BCUT2D eigenvalue weighted by Crippen LogP contribution is 2.13. The minimum absolute atomic E-state index is 0.0242. The van der Waals surface area contributed by atoms with Gasteiger partial charge in [0.15, 0.2) is 0 Å². The Morgan fingerprint density at radius 3 is 2.95 bits per heavy atom. The maximum atomic E-state index is 11.5. The van der Waals surface area contributed by atoms with E-state index in [2.05, 4.69) is 5.32 Å². The lowest BCUT2D eigenvalue weighted by Crippen LogP contribution is -2.23. The molecular weight excluding hydrogens is 244 g/mol. The molecule has 0 saturated heterocycles.